The molecule has 0 spiro atoms. The number of esters is 1. The summed E-state index contributed by atoms with van der Waals surface area (Å²) in [6.45, 7) is 8.51. The molecular formula is C22H28NO4P. The highest BCUT2D eigenvalue weighted by Gasteiger charge is 2.50. The summed E-state index contributed by atoms with van der Waals surface area (Å²) in [5, 5.41) is 3.42. The van der Waals surface area contributed by atoms with Crippen molar-refractivity contribution in [3.63, 3.8) is 0 Å². The minimum absolute atomic E-state index is 0.174. The first-order chi connectivity index (χ1) is 13.1. The topological polar surface area (TPSA) is 64.6 Å². The average Bonchev–Trinajstić information content (AvgIpc) is 2.64. The van der Waals surface area contributed by atoms with Crippen LogP contribution >= 0.6 is 7.37 Å². The van der Waals surface area contributed by atoms with Crippen LogP contribution in [0.4, 0.5) is 0 Å². The molecule has 0 aromatic heterocycles. The van der Waals surface area contributed by atoms with Gasteiger partial charge in [0.1, 0.15) is 6.61 Å². The summed E-state index contributed by atoms with van der Waals surface area (Å²) in [5.41, 5.74) is 1.53. The van der Waals surface area contributed by atoms with E-state index in [0.717, 1.165) is 11.1 Å². The molecule has 28 heavy (non-hydrogen) atoms. The van der Waals surface area contributed by atoms with E-state index in [-0.39, 0.29) is 24.5 Å². The van der Waals surface area contributed by atoms with Crippen molar-refractivity contribution >= 4 is 18.6 Å². The van der Waals surface area contributed by atoms with E-state index < -0.39 is 12.6 Å². The fourth-order valence-electron chi connectivity index (χ4n) is 3.51. The molecule has 6 heteroatoms. The number of ether oxygens (including phenoxy) is 1. The Morgan fingerprint density at radius 2 is 1.68 bits per heavy atom. The molecule has 0 saturated carbocycles. The van der Waals surface area contributed by atoms with Crippen molar-refractivity contribution in [2.45, 2.75) is 51.5 Å². The quantitative estimate of drug-likeness (QED) is 0.606. The van der Waals surface area contributed by atoms with E-state index in [2.05, 4.69) is 5.32 Å². The lowest BCUT2D eigenvalue weighted by Gasteiger charge is -2.47. The fourth-order valence-corrected chi connectivity index (χ4v) is 6.13. The van der Waals surface area contributed by atoms with Crippen LogP contribution in [0.1, 0.15) is 38.8 Å². The van der Waals surface area contributed by atoms with Crippen LogP contribution in [0.25, 0.3) is 0 Å². The second-order valence-electron chi connectivity index (χ2n) is 8.38. The summed E-state index contributed by atoms with van der Waals surface area (Å²) in [6.07, 6.45) is 0.174. The van der Waals surface area contributed by atoms with Crippen molar-refractivity contribution < 1.29 is 18.6 Å². The first-order valence-electron chi connectivity index (χ1n) is 9.44. The predicted molar refractivity (Wildman–Crippen MR) is 111 cm³/mol. The largest absolute Gasteiger partial charge is 0.461 e. The first kappa shape index (κ1) is 20.8. The SMILES string of the molecule is CC1(C)COP(=O)(c2ccc(CC(=O)OCc3ccccc3)cc2)C(C)(C)N1. The molecule has 1 unspecified atom stereocenters. The van der Waals surface area contributed by atoms with E-state index in [1.54, 1.807) is 12.1 Å². The Balaban J connectivity index is 1.65. The molecule has 1 aliphatic heterocycles. The smallest absolute Gasteiger partial charge is 0.310 e. The highest BCUT2D eigenvalue weighted by molar-refractivity contribution is 7.68. The number of carbonyl (C=O) groups excluding carboxylic acids is 1. The van der Waals surface area contributed by atoms with Crippen LogP contribution in [0.15, 0.2) is 54.6 Å². The standard InChI is InChI=1S/C22H28NO4P/c1-21(2)16-27-28(25,22(3,4)23-21)19-12-10-17(11-13-19)14-20(24)26-15-18-8-6-5-7-9-18/h5-13,23H,14-16H2,1-4H3. The Hall–Kier alpha value is -1.94. The van der Waals surface area contributed by atoms with Gasteiger partial charge >= 0.3 is 5.97 Å². The minimum Gasteiger partial charge on any atom is -0.461 e. The van der Waals surface area contributed by atoms with Crippen LogP contribution in [0.2, 0.25) is 0 Å². The molecule has 0 radical (unpaired) electrons. The molecule has 1 saturated heterocycles. The molecule has 3 rings (SSSR count). The van der Waals surface area contributed by atoms with Gasteiger partial charge in [0, 0.05) is 10.8 Å². The van der Waals surface area contributed by atoms with E-state index >= 15 is 0 Å². The Labute approximate surface area is 166 Å². The van der Waals surface area contributed by atoms with Gasteiger partial charge in [0.25, 0.3) is 7.37 Å². The molecule has 1 fully saturated rings. The van der Waals surface area contributed by atoms with Crippen molar-refractivity contribution in [1.82, 2.24) is 5.32 Å². The van der Waals surface area contributed by atoms with Crippen LogP contribution in [0, 0.1) is 0 Å². The number of rotatable bonds is 5. The summed E-state index contributed by atoms with van der Waals surface area (Å²) < 4.78 is 24.8. The van der Waals surface area contributed by atoms with E-state index in [4.69, 9.17) is 9.26 Å². The summed E-state index contributed by atoms with van der Waals surface area (Å²) >= 11 is 0. The van der Waals surface area contributed by atoms with Gasteiger partial charge < -0.3 is 9.26 Å². The van der Waals surface area contributed by atoms with Gasteiger partial charge in [0.2, 0.25) is 0 Å². The Morgan fingerprint density at radius 1 is 1.04 bits per heavy atom. The molecule has 0 bridgehead atoms. The zero-order chi connectivity index (χ0) is 20.4. The van der Waals surface area contributed by atoms with Crippen molar-refractivity contribution in [3.8, 4) is 0 Å². The van der Waals surface area contributed by atoms with Crippen molar-refractivity contribution in [2.75, 3.05) is 6.61 Å². The summed E-state index contributed by atoms with van der Waals surface area (Å²) in [5.74, 6) is -0.291. The Kier molecular flexibility index (Phi) is 5.81. The third kappa shape index (κ3) is 4.54. The lowest BCUT2D eigenvalue weighted by atomic mass is 10.1. The maximum absolute atomic E-state index is 13.6. The zero-order valence-electron chi connectivity index (χ0n) is 16.9. The van der Waals surface area contributed by atoms with Crippen molar-refractivity contribution in [1.29, 1.82) is 0 Å². The van der Waals surface area contributed by atoms with Crippen molar-refractivity contribution in [3.05, 3.63) is 65.7 Å². The molecule has 1 heterocycles. The molecule has 150 valence electrons. The van der Waals surface area contributed by atoms with E-state index in [1.807, 2.05) is 70.2 Å². The Bertz CT molecular complexity index is 875. The van der Waals surface area contributed by atoms with Crippen LogP contribution in [-0.2, 0) is 31.6 Å². The number of benzene rings is 2. The van der Waals surface area contributed by atoms with Gasteiger partial charge in [0.05, 0.1) is 18.3 Å². The van der Waals surface area contributed by atoms with Gasteiger partial charge in [0.15, 0.2) is 0 Å². The van der Waals surface area contributed by atoms with Gasteiger partial charge in [-0.25, -0.2) is 0 Å². The summed E-state index contributed by atoms with van der Waals surface area (Å²) in [7, 11) is -3.08. The normalized spacial score (nSPS) is 23.1. The fraction of sp³-hybridized carbons (Fsp3) is 0.409. The first-order valence-corrected chi connectivity index (χ1v) is 11.1. The monoisotopic (exact) mass is 401 g/mol. The van der Waals surface area contributed by atoms with Crippen LogP contribution in [0.5, 0.6) is 0 Å². The van der Waals surface area contributed by atoms with Crippen LogP contribution in [0.3, 0.4) is 0 Å². The molecular weight excluding hydrogens is 373 g/mol. The number of nitrogens with one attached hydrogen (secondary N) is 1. The van der Waals surface area contributed by atoms with Gasteiger partial charge in [-0.15, -0.1) is 0 Å². The number of hydrogen-bond acceptors (Lipinski definition) is 5. The maximum atomic E-state index is 13.6. The third-order valence-electron chi connectivity index (χ3n) is 4.85. The molecule has 0 aliphatic carbocycles. The van der Waals surface area contributed by atoms with Gasteiger partial charge in [-0.3, -0.25) is 14.7 Å². The molecule has 5 nitrogen and oxygen atoms in total. The molecule has 1 atom stereocenters. The minimum atomic E-state index is -3.08. The van der Waals surface area contributed by atoms with Gasteiger partial charge in [-0.2, -0.15) is 0 Å². The van der Waals surface area contributed by atoms with Crippen LogP contribution < -0.4 is 10.6 Å². The molecule has 2 aromatic rings. The second-order valence-corrected chi connectivity index (χ2v) is 11.4. The van der Waals surface area contributed by atoms with E-state index in [9.17, 15) is 9.36 Å². The summed E-state index contributed by atoms with van der Waals surface area (Å²) in [6, 6.07) is 16.8. The van der Waals surface area contributed by atoms with E-state index in [0.29, 0.717) is 11.9 Å². The lowest BCUT2D eigenvalue weighted by molar-refractivity contribution is -0.144. The highest BCUT2D eigenvalue weighted by Crippen LogP contribution is 2.59. The van der Waals surface area contributed by atoms with Crippen LogP contribution in [-0.4, -0.2) is 23.4 Å². The average molecular weight is 401 g/mol. The highest BCUT2D eigenvalue weighted by atomic mass is 31.2. The summed E-state index contributed by atoms with van der Waals surface area (Å²) in [4.78, 5) is 12.1. The Morgan fingerprint density at radius 3 is 2.29 bits per heavy atom. The molecule has 1 N–H and O–H groups in total. The molecule has 0 amide bonds. The predicted octanol–water partition coefficient (Wildman–Crippen LogP) is 4.01. The number of hydrogen-bond donors (Lipinski definition) is 1. The lowest BCUT2D eigenvalue weighted by Crippen LogP contribution is -2.59. The van der Waals surface area contributed by atoms with E-state index in [1.165, 1.54) is 0 Å². The van der Waals surface area contributed by atoms with Gasteiger partial charge in [-0.1, -0.05) is 42.5 Å². The molecule has 2 aromatic carbocycles. The zero-order valence-corrected chi connectivity index (χ0v) is 17.8. The van der Waals surface area contributed by atoms with Crippen molar-refractivity contribution in [2.24, 2.45) is 0 Å². The number of carbonyl (C=O) groups is 1. The third-order valence-corrected chi connectivity index (χ3v) is 7.91. The second kappa shape index (κ2) is 7.82. The van der Waals surface area contributed by atoms with Gasteiger partial charge in [-0.05, 0) is 51.0 Å². The maximum Gasteiger partial charge on any atom is 0.310 e. The molecule has 1 aliphatic rings.